The van der Waals surface area contributed by atoms with Crippen molar-refractivity contribution in [1.29, 1.82) is 0 Å². The van der Waals surface area contributed by atoms with Crippen LogP contribution in [0, 0.1) is 11.8 Å². The average Bonchev–Trinajstić information content (AvgIpc) is 3.04. The largest absolute Gasteiger partial charge is 0.378 e. The molecule has 0 aliphatic heterocycles. The van der Waals surface area contributed by atoms with E-state index in [0.29, 0.717) is 36.2 Å². The summed E-state index contributed by atoms with van der Waals surface area (Å²) >= 11 is 0. The molecule has 1 aromatic carbocycles. The second-order valence-corrected chi connectivity index (χ2v) is 6.80. The first-order valence-corrected chi connectivity index (χ1v) is 8.91. The van der Waals surface area contributed by atoms with Crippen molar-refractivity contribution in [2.75, 3.05) is 5.73 Å². The van der Waals surface area contributed by atoms with E-state index in [9.17, 15) is 5.11 Å². The molecule has 6 nitrogen and oxygen atoms in total. The highest BCUT2D eigenvalue weighted by Crippen LogP contribution is 2.27. The van der Waals surface area contributed by atoms with Gasteiger partial charge < -0.3 is 15.4 Å². The van der Waals surface area contributed by atoms with E-state index in [2.05, 4.69) is 38.9 Å². The minimum absolute atomic E-state index is 0.159. The SMILES string of the molecule is Nc1nc(C#CC2(O)CCCCC2)c2ncn(Cc3ccccc3)c2n1. The van der Waals surface area contributed by atoms with Crippen LogP contribution in [0.3, 0.4) is 0 Å². The van der Waals surface area contributed by atoms with Crippen LogP contribution >= 0.6 is 0 Å². The van der Waals surface area contributed by atoms with Crippen LogP contribution in [0.15, 0.2) is 36.7 Å². The predicted molar refractivity (Wildman–Crippen MR) is 100 cm³/mol. The van der Waals surface area contributed by atoms with E-state index in [1.165, 1.54) is 0 Å². The molecular weight excluding hydrogens is 326 g/mol. The Bertz CT molecular complexity index is 978. The van der Waals surface area contributed by atoms with Gasteiger partial charge in [0.15, 0.2) is 5.65 Å². The Morgan fingerprint density at radius 2 is 1.88 bits per heavy atom. The number of fused-ring (bicyclic) bond motifs is 1. The minimum Gasteiger partial charge on any atom is -0.378 e. The molecule has 1 fully saturated rings. The van der Waals surface area contributed by atoms with Crippen LogP contribution in [0.2, 0.25) is 0 Å². The Morgan fingerprint density at radius 1 is 1.12 bits per heavy atom. The zero-order valence-corrected chi connectivity index (χ0v) is 14.5. The zero-order chi connectivity index (χ0) is 18.0. The number of hydrogen-bond acceptors (Lipinski definition) is 5. The fourth-order valence-electron chi connectivity index (χ4n) is 3.38. The highest BCUT2D eigenvalue weighted by molar-refractivity contribution is 5.78. The number of hydrogen-bond donors (Lipinski definition) is 2. The molecule has 6 heteroatoms. The van der Waals surface area contributed by atoms with E-state index in [0.717, 1.165) is 24.8 Å². The molecule has 0 saturated heterocycles. The van der Waals surface area contributed by atoms with Crippen molar-refractivity contribution in [3.63, 3.8) is 0 Å². The van der Waals surface area contributed by atoms with Gasteiger partial charge in [-0.05, 0) is 37.2 Å². The molecule has 0 bridgehead atoms. The third kappa shape index (κ3) is 3.39. The van der Waals surface area contributed by atoms with E-state index >= 15 is 0 Å². The van der Waals surface area contributed by atoms with Gasteiger partial charge >= 0.3 is 0 Å². The number of aliphatic hydroxyl groups is 1. The van der Waals surface area contributed by atoms with Gasteiger partial charge in [0.1, 0.15) is 16.8 Å². The Kier molecular flexibility index (Phi) is 4.31. The standard InChI is InChI=1S/C20H21N5O/c21-19-23-16(9-12-20(26)10-5-2-6-11-20)17-18(24-19)25(14-22-17)13-15-7-3-1-4-8-15/h1,3-4,7-8,14,26H,2,5-6,10-11,13H2,(H2,21,23,24). The number of nitrogens with two attached hydrogens (primary N) is 1. The van der Waals surface area contributed by atoms with Gasteiger partial charge in [0, 0.05) is 0 Å². The average molecular weight is 347 g/mol. The van der Waals surface area contributed by atoms with Crippen molar-refractivity contribution < 1.29 is 5.11 Å². The van der Waals surface area contributed by atoms with Crippen LogP contribution < -0.4 is 5.73 Å². The predicted octanol–water partition coefficient (Wildman–Crippen LogP) is 2.50. The van der Waals surface area contributed by atoms with Crippen molar-refractivity contribution in [2.24, 2.45) is 0 Å². The first kappa shape index (κ1) is 16.6. The zero-order valence-electron chi connectivity index (χ0n) is 14.5. The summed E-state index contributed by atoms with van der Waals surface area (Å²) in [4.78, 5) is 13.0. The summed E-state index contributed by atoms with van der Waals surface area (Å²) in [6.07, 6.45) is 6.28. The molecule has 132 valence electrons. The molecule has 4 rings (SSSR count). The Balaban J connectivity index is 1.71. The molecule has 1 aliphatic rings. The smallest absolute Gasteiger partial charge is 0.223 e. The topological polar surface area (TPSA) is 89.9 Å². The lowest BCUT2D eigenvalue weighted by atomic mass is 9.85. The molecule has 0 amide bonds. The molecule has 1 aliphatic carbocycles. The van der Waals surface area contributed by atoms with E-state index < -0.39 is 5.60 Å². The maximum absolute atomic E-state index is 10.6. The molecule has 0 radical (unpaired) electrons. The lowest BCUT2D eigenvalue weighted by Gasteiger charge is -2.26. The number of anilines is 1. The third-order valence-corrected chi connectivity index (χ3v) is 4.77. The van der Waals surface area contributed by atoms with E-state index in [1.54, 1.807) is 6.33 Å². The molecule has 1 saturated carbocycles. The molecule has 0 spiro atoms. The Labute approximate surface area is 152 Å². The highest BCUT2D eigenvalue weighted by Gasteiger charge is 2.26. The monoisotopic (exact) mass is 347 g/mol. The van der Waals surface area contributed by atoms with Crippen molar-refractivity contribution in [1.82, 2.24) is 19.5 Å². The molecule has 3 N–H and O–H groups in total. The Hall–Kier alpha value is -2.91. The summed E-state index contributed by atoms with van der Waals surface area (Å²) in [5.41, 5.74) is 7.84. The number of aromatic nitrogens is 4. The lowest BCUT2D eigenvalue weighted by molar-refractivity contribution is 0.0610. The fourth-order valence-corrected chi connectivity index (χ4v) is 3.38. The van der Waals surface area contributed by atoms with Crippen LogP contribution in [0.25, 0.3) is 11.2 Å². The second-order valence-electron chi connectivity index (χ2n) is 6.80. The molecule has 2 heterocycles. The maximum Gasteiger partial charge on any atom is 0.223 e. The molecule has 0 atom stereocenters. The van der Waals surface area contributed by atoms with Crippen LogP contribution in [0.1, 0.15) is 43.4 Å². The van der Waals surface area contributed by atoms with Crippen molar-refractivity contribution in [3.05, 3.63) is 47.9 Å². The molecule has 2 aromatic heterocycles. The third-order valence-electron chi connectivity index (χ3n) is 4.77. The minimum atomic E-state index is -0.934. The van der Waals surface area contributed by atoms with Gasteiger partial charge in [0.25, 0.3) is 0 Å². The molecule has 0 unspecified atom stereocenters. The number of nitrogen functional groups attached to an aromatic ring is 1. The van der Waals surface area contributed by atoms with E-state index in [4.69, 9.17) is 5.73 Å². The number of rotatable bonds is 2. The van der Waals surface area contributed by atoms with Gasteiger partial charge in [-0.15, -0.1) is 0 Å². The lowest BCUT2D eigenvalue weighted by Crippen LogP contribution is -2.29. The van der Waals surface area contributed by atoms with Gasteiger partial charge in [-0.1, -0.05) is 42.7 Å². The van der Waals surface area contributed by atoms with Crippen molar-refractivity contribution in [2.45, 2.75) is 44.2 Å². The quantitative estimate of drug-likeness (QED) is 0.695. The van der Waals surface area contributed by atoms with E-state index in [-0.39, 0.29) is 5.95 Å². The van der Waals surface area contributed by atoms with Crippen molar-refractivity contribution >= 4 is 17.1 Å². The number of nitrogens with zero attached hydrogens (tertiary/aromatic N) is 4. The fraction of sp³-hybridized carbons (Fsp3) is 0.350. The Morgan fingerprint density at radius 3 is 2.65 bits per heavy atom. The summed E-state index contributed by atoms with van der Waals surface area (Å²) in [6, 6.07) is 10.1. The van der Waals surface area contributed by atoms with Crippen LogP contribution in [0.5, 0.6) is 0 Å². The first-order valence-electron chi connectivity index (χ1n) is 8.91. The molecular formula is C20H21N5O. The maximum atomic E-state index is 10.6. The summed E-state index contributed by atoms with van der Waals surface area (Å²) in [6.45, 7) is 0.643. The first-order chi connectivity index (χ1) is 12.6. The van der Waals surface area contributed by atoms with Gasteiger partial charge in [-0.25, -0.2) is 9.97 Å². The van der Waals surface area contributed by atoms with Gasteiger partial charge in [0.2, 0.25) is 5.95 Å². The normalized spacial score (nSPS) is 16.2. The van der Waals surface area contributed by atoms with E-state index in [1.807, 2.05) is 22.8 Å². The number of benzene rings is 1. The van der Waals surface area contributed by atoms with Crippen LogP contribution in [0.4, 0.5) is 5.95 Å². The van der Waals surface area contributed by atoms with Gasteiger partial charge in [-0.2, -0.15) is 4.98 Å². The summed E-state index contributed by atoms with van der Waals surface area (Å²) in [5, 5.41) is 10.6. The summed E-state index contributed by atoms with van der Waals surface area (Å²) in [5.74, 6) is 6.17. The summed E-state index contributed by atoms with van der Waals surface area (Å²) in [7, 11) is 0. The molecule has 26 heavy (non-hydrogen) atoms. The molecule has 3 aromatic rings. The van der Waals surface area contributed by atoms with Crippen molar-refractivity contribution in [3.8, 4) is 11.8 Å². The van der Waals surface area contributed by atoms with Crippen LogP contribution in [-0.4, -0.2) is 30.2 Å². The highest BCUT2D eigenvalue weighted by atomic mass is 16.3. The van der Waals surface area contributed by atoms with Crippen LogP contribution in [-0.2, 0) is 6.54 Å². The van der Waals surface area contributed by atoms with Gasteiger partial charge in [0.05, 0.1) is 12.9 Å². The number of imidazole rings is 1. The van der Waals surface area contributed by atoms with Gasteiger partial charge in [-0.3, -0.25) is 0 Å². The summed E-state index contributed by atoms with van der Waals surface area (Å²) < 4.78 is 1.93. The second kappa shape index (κ2) is 6.77.